The van der Waals surface area contributed by atoms with E-state index in [1.165, 1.54) is 5.56 Å². The minimum atomic E-state index is -0.711. The maximum atomic E-state index is 6.94. The maximum absolute atomic E-state index is 6.94. The van der Waals surface area contributed by atoms with Crippen LogP contribution < -0.4 is 5.73 Å². The van der Waals surface area contributed by atoms with E-state index < -0.39 is 5.60 Å². The lowest BCUT2D eigenvalue weighted by Gasteiger charge is -2.40. The molecular weight excluding hydrogens is 358 g/mol. The normalized spacial score (nSPS) is 12.2. The minimum absolute atomic E-state index is 0.0525. The highest BCUT2D eigenvalue weighted by Gasteiger charge is 2.41. The third-order valence-electron chi connectivity index (χ3n) is 4.94. The van der Waals surface area contributed by atoms with Gasteiger partial charge in [-0.3, -0.25) is 0 Å². The molecule has 0 aliphatic rings. The van der Waals surface area contributed by atoms with Crippen molar-refractivity contribution in [1.29, 1.82) is 0 Å². The Morgan fingerprint density at radius 3 is 1.71 bits per heavy atom. The zero-order valence-corrected chi connectivity index (χ0v) is 18.4. The Labute approximate surface area is 171 Å². The van der Waals surface area contributed by atoms with Crippen LogP contribution in [-0.2, 0) is 10.0 Å². The first-order valence-corrected chi connectivity index (χ1v) is 10.6. The topological polar surface area (TPSA) is 35.2 Å². The van der Waals surface area contributed by atoms with Gasteiger partial charge in [-0.15, -0.1) is 0 Å². The Bertz CT molecular complexity index is 891. The highest BCUT2D eigenvalue weighted by Crippen LogP contribution is 2.45. The molecule has 3 aromatic carbocycles. The number of benzene rings is 3. The molecule has 0 fully saturated rings. The van der Waals surface area contributed by atoms with Crippen LogP contribution in [0.3, 0.4) is 0 Å². The number of nitrogens with two attached hydrogens (primary N) is 1. The summed E-state index contributed by atoms with van der Waals surface area (Å²) in [5.74, 6) is 0. The van der Waals surface area contributed by atoms with E-state index in [1.54, 1.807) is 0 Å². The van der Waals surface area contributed by atoms with Crippen molar-refractivity contribution in [3.63, 3.8) is 0 Å². The molecule has 3 aromatic rings. The number of anilines is 1. The van der Waals surface area contributed by atoms with Crippen molar-refractivity contribution in [3.8, 4) is 0 Å². The van der Waals surface area contributed by atoms with Crippen molar-refractivity contribution >= 4 is 15.5 Å². The molecule has 28 heavy (non-hydrogen) atoms. The summed E-state index contributed by atoms with van der Waals surface area (Å²) in [6, 6.07) is 25.1. The Morgan fingerprint density at radius 2 is 1.25 bits per heavy atom. The minimum Gasteiger partial charge on any atom is -0.400 e. The highest BCUT2D eigenvalue weighted by atomic mass is 28.2. The van der Waals surface area contributed by atoms with E-state index >= 15 is 0 Å². The Hall–Kier alpha value is -2.36. The Kier molecular flexibility index (Phi) is 5.78. The second kappa shape index (κ2) is 7.94. The third-order valence-corrected chi connectivity index (χ3v) is 5.96. The van der Waals surface area contributed by atoms with E-state index in [4.69, 9.17) is 10.2 Å². The fourth-order valence-corrected chi connectivity index (χ4v) is 4.40. The molecule has 2 radical (unpaired) electrons. The molecule has 0 spiro atoms. The lowest BCUT2D eigenvalue weighted by atomic mass is 9.76. The van der Waals surface area contributed by atoms with Gasteiger partial charge in [0.2, 0.25) is 9.76 Å². The van der Waals surface area contributed by atoms with Gasteiger partial charge in [-0.1, -0.05) is 87.5 Å². The standard InChI is InChI=1S/C25H29NOSi/c1-18-16-17-22(26)19(2)23(18)25(27-28-24(3,4)5,20-12-8-6-9-13-20)21-14-10-7-11-15-21/h6-17H,26H2,1-5H3. The van der Waals surface area contributed by atoms with Crippen LogP contribution in [0, 0.1) is 13.8 Å². The van der Waals surface area contributed by atoms with Gasteiger partial charge in [-0.2, -0.15) is 0 Å². The predicted molar refractivity (Wildman–Crippen MR) is 120 cm³/mol. The molecule has 0 saturated carbocycles. The molecule has 0 bridgehead atoms. The molecule has 2 N–H and O–H groups in total. The van der Waals surface area contributed by atoms with E-state index in [0.717, 1.165) is 27.9 Å². The molecule has 3 heteroatoms. The van der Waals surface area contributed by atoms with E-state index in [-0.39, 0.29) is 5.04 Å². The van der Waals surface area contributed by atoms with Gasteiger partial charge in [0.1, 0.15) is 5.60 Å². The number of aryl methyl sites for hydroxylation is 1. The molecule has 0 heterocycles. The van der Waals surface area contributed by atoms with Crippen molar-refractivity contribution in [2.45, 2.75) is 45.3 Å². The van der Waals surface area contributed by atoms with E-state index in [0.29, 0.717) is 9.76 Å². The van der Waals surface area contributed by atoms with E-state index in [1.807, 2.05) is 18.2 Å². The molecule has 0 saturated heterocycles. The van der Waals surface area contributed by atoms with Crippen LogP contribution in [0.25, 0.3) is 0 Å². The second-order valence-electron chi connectivity index (χ2n) is 8.34. The van der Waals surface area contributed by atoms with Crippen molar-refractivity contribution in [1.82, 2.24) is 0 Å². The van der Waals surface area contributed by atoms with Gasteiger partial charge < -0.3 is 10.2 Å². The van der Waals surface area contributed by atoms with Gasteiger partial charge in [0.15, 0.2) is 0 Å². The summed E-state index contributed by atoms with van der Waals surface area (Å²) in [5, 5.41) is 0.0525. The summed E-state index contributed by atoms with van der Waals surface area (Å²) in [4.78, 5) is 0. The van der Waals surface area contributed by atoms with Gasteiger partial charge in [-0.05, 0) is 52.8 Å². The molecule has 0 aliphatic carbocycles. The van der Waals surface area contributed by atoms with Crippen LogP contribution in [0.1, 0.15) is 48.6 Å². The van der Waals surface area contributed by atoms with Gasteiger partial charge in [0, 0.05) is 5.69 Å². The molecule has 0 aromatic heterocycles. The van der Waals surface area contributed by atoms with Gasteiger partial charge in [-0.25, -0.2) is 0 Å². The van der Waals surface area contributed by atoms with Crippen LogP contribution in [0.2, 0.25) is 5.04 Å². The summed E-state index contributed by atoms with van der Waals surface area (Å²) in [7, 11) is 0.318. The summed E-state index contributed by atoms with van der Waals surface area (Å²) >= 11 is 0. The number of rotatable bonds is 5. The SMILES string of the molecule is Cc1ccc(N)c(C)c1C(O[Si]C(C)(C)C)(c1ccccc1)c1ccccc1. The zero-order chi connectivity index (χ0) is 20.4. The zero-order valence-electron chi connectivity index (χ0n) is 17.4. The summed E-state index contributed by atoms with van der Waals surface area (Å²) < 4.78 is 6.94. The fraction of sp³-hybridized carbons (Fsp3) is 0.280. The lowest BCUT2D eigenvalue weighted by molar-refractivity contribution is 0.155. The fourth-order valence-electron chi connectivity index (χ4n) is 3.60. The summed E-state index contributed by atoms with van der Waals surface area (Å²) in [6.45, 7) is 10.9. The van der Waals surface area contributed by atoms with Crippen LogP contribution >= 0.6 is 0 Å². The second-order valence-corrected chi connectivity index (χ2v) is 10.2. The molecule has 2 nitrogen and oxygen atoms in total. The number of nitrogen functional groups attached to an aromatic ring is 1. The molecule has 0 unspecified atom stereocenters. The van der Waals surface area contributed by atoms with Crippen LogP contribution in [0.5, 0.6) is 0 Å². The first-order valence-electron chi connectivity index (χ1n) is 9.68. The Morgan fingerprint density at radius 1 is 0.750 bits per heavy atom. The number of hydrogen-bond acceptors (Lipinski definition) is 2. The van der Waals surface area contributed by atoms with E-state index in [2.05, 4.69) is 89.2 Å². The van der Waals surface area contributed by atoms with Crippen LogP contribution in [0.4, 0.5) is 5.69 Å². The third kappa shape index (κ3) is 3.91. The number of hydrogen-bond donors (Lipinski definition) is 1. The van der Waals surface area contributed by atoms with E-state index in [9.17, 15) is 0 Å². The van der Waals surface area contributed by atoms with Crippen molar-refractivity contribution in [2.24, 2.45) is 0 Å². The van der Waals surface area contributed by atoms with Crippen molar-refractivity contribution in [3.05, 3.63) is 101 Å². The maximum Gasteiger partial charge on any atom is 0.237 e. The van der Waals surface area contributed by atoms with Crippen molar-refractivity contribution in [2.75, 3.05) is 5.73 Å². The summed E-state index contributed by atoms with van der Waals surface area (Å²) in [6.07, 6.45) is 0. The largest absolute Gasteiger partial charge is 0.400 e. The van der Waals surface area contributed by atoms with Gasteiger partial charge in [0.25, 0.3) is 0 Å². The highest BCUT2D eigenvalue weighted by molar-refractivity contribution is 6.32. The molecule has 144 valence electrons. The molecule has 3 rings (SSSR count). The first kappa shape index (κ1) is 20.4. The predicted octanol–water partition coefficient (Wildman–Crippen LogP) is 6.03. The molecular formula is C25H29NOSi. The Balaban J connectivity index is 2.39. The molecule has 0 aliphatic heterocycles. The van der Waals surface area contributed by atoms with Gasteiger partial charge >= 0.3 is 0 Å². The smallest absolute Gasteiger partial charge is 0.237 e. The molecule has 0 amide bonds. The van der Waals surface area contributed by atoms with Crippen molar-refractivity contribution < 1.29 is 4.43 Å². The first-order chi connectivity index (χ1) is 13.3. The average Bonchev–Trinajstić information content (AvgIpc) is 2.68. The summed E-state index contributed by atoms with van der Waals surface area (Å²) in [5.41, 5.74) is 12.1. The van der Waals surface area contributed by atoms with Crippen LogP contribution in [-0.4, -0.2) is 9.76 Å². The lowest BCUT2D eigenvalue weighted by Crippen LogP contribution is -2.37. The van der Waals surface area contributed by atoms with Gasteiger partial charge in [0.05, 0.1) is 0 Å². The quantitative estimate of drug-likeness (QED) is 0.329. The average molecular weight is 388 g/mol. The van der Waals surface area contributed by atoms with Crippen LogP contribution in [0.15, 0.2) is 72.8 Å². The molecule has 0 atom stereocenters. The monoisotopic (exact) mass is 387 g/mol.